The first-order valence-corrected chi connectivity index (χ1v) is 3.82. The third-order valence-corrected chi connectivity index (χ3v) is 2.03. The van der Waals surface area contributed by atoms with Gasteiger partial charge in [-0.1, -0.05) is 0 Å². The van der Waals surface area contributed by atoms with Crippen molar-refractivity contribution in [3.8, 4) is 0 Å². The van der Waals surface area contributed by atoms with E-state index in [0.717, 1.165) is 0 Å². The molecule has 0 spiro atoms. The molecule has 0 unspecified atom stereocenters. The summed E-state index contributed by atoms with van der Waals surface area (Å²) in [6, 6.07) is 0. The van der Waals surface area contributed by atoms with Crippen molar-refractivity contribution in [1.29, 1.82) is 0 Å². The van der Waals surface area contributed by atoms with Gasteiger partial charge in [-0.05, 0) is 0 Å². The number of ether oxygens (including phenoxy) is 1. The minimum absolute atomic E-state index is 0.388. The monoisotopic (exact) mass is 155 g/mol. The lowest BCUT2D eigenvalue weighted by atomic mass is 10.5. The third-order valence-electron chi connectivity index (χ3n) is 1.20. The molecular formula is C4H8F2NOP. The number of morpholine rings is 1. The summed E-state index contributed by atoms with van der Waals surface area (Å²) in [5.41, 5.74) is 0. The molecule has 0 bridgehead atoms. The Bertz CT molecular complexity index is 86.6. The van der Waals surface area contributed by atoms with Crippen LogP contribution in [0, 0.1) is 0 Å². The lowest BCUT2D eigenvalue weighted by Crippen LogP contribution is -2.30. The molecule has 0 atom stereocenters. The van der Waals surface area contributed by atoms with Crippen molar-refractivity contribution >= 4 is 8.69 Å². The van der Waals surface area contributed by atoms with E-state index in [1.807, 2.05) is 0 Å². The molecule has 0 N–H and O–H groups in total. The van der Waals surface area contributed by atoms with Crippen LogP contribution in [-0.2, 0) is 4.74 Å². The fourth-order valence-electron chi connectivity index (χ4n) is 0.705. The topological polar surface area (TPSA) is 12.5 Å². The molecule has 0 aromatic carbocycles. The summed E-state index contributed by atoms with van der Waals surface area (Å²) >= 11 is 0. The fourth-order valence-corrected chi connectivity index (χ4v) is 1.17. The molecule has 1 saturated heterocycles. The summed E-state index contributed by atoms with van der Waals surface area (Å²) in [6.07, 6.45) is 0. The van der Waals surface area contributed by atoms with Gasteiger partial charge in [-0.15, -0.1) is 0 Å². The summed E-state index contributed by atoms with van der Waals surface area (Å²) in [5, 5.41) is 0. The van der Waals surface area contributed by atoms with Crippen molar-refractivity contribution in [3.05, 3.63) is 0 Å². The molecule has 1 aliphatic rings. The number of nitrogens with zero attached hydrogens (tertiary/aromatic N) is 1. The highest BCUT2D eigenvalue weighted by molar-refractivity contribution is 7.43. The van der Waals surface area contributed by atoms with Crippen LogP contribution in [0.25, 0.3) is 0 Å². The first-order valence-electron chi connectivity index (χ1n) is 2.75. The van der Waals surface area contributed by atoms with E-state index < -0.39 is 8.69 Å². The second-order valence-corrected chi connectivity index (χ2v) is 2.78. The average Bonchev–Trinajstić information content (AvgIpc) is 1.90. The Kier molecular flexibility index (Phi) is 2.76. The standard InChI is InChI=1S/C4H8F2NOP/c5-9(6)7-1-3-8-4-2-7/h1-4H2. The minimum atomic E-state index is -2.87. The van der Waals surface area contributed by atoms with Crippen LogP contribution in [-0.4, -0.2) is 31.0 Å². The normalized spacial score (nSPS) is 23.0. The molecule has 0 radical (unpaired) electrons. The number of hydrogen-bond acceptors (Lipinski definition) is 2. The maximum absolute atomic E-state index is 11.9. The van der Waals surface area contributed by atoms with Gasteiger partial charge in [0, 0.05) is 13.1 Å². The summed E-state index contributed by atoms with van der Waals surface area (Å²) < 4.78 is 29.8. The third kappa shape index (κ3) is 2.12. The quantitative estimate of drug-likeness (QED) is 0.532. The van der Waals surface area contributed by atoms with Gasteiger partial charge >= 0.3 is 8.69 Å². The molecule has 2 nitrogen and oxygen atoms in total. The molecule has 0 amide bonds. The van der Waals surface area contributed by atoms with Crippen LogP contribution >= 0.6 is 8.69 Å². The van der Waals surface area contributed by atoms with Crippen LogP contribution in [0.5, 0.6) is 0 Å². The Labute approximate surface area is 53.8 Å². The van der Waals surface area contributed by atoms with Gasteiger partial charge in [0.25, 0.3) is 0 Å². The highest BCUT2D eigenvalue weighted by Gasteiger charge is 2.19. The van der Waals surface area contributed by atoms with Gasteiger partial charge in [0.1, 0.15) is 0 Å². The van der Waals surface area contributed by atoms with Crippen molar-refractivity contribution in [2.45, 2.75) is 0 Å². The smallest absolute Gasteiger partial charge is 0.345 e. The molecule has 0 aromatic rings. The van der Waals surface area contributed by atoms with Gasteiger partial charge < -0.3 is 4.74 Å². The SMILES string of the molecule is FP(F)N1CCOCC1. The minimum Gasteiger partial charge on any atom is -0.379 e. The Balaban J connectivity index is 2.23. The van der Waals surface area contributed by atoms with E-state index in [-0.39, 0.29) is 0 Å². The van der Waals surface area contributed by atoms with Gasteiger partial charge in [0.2, 0.25) is 0 Å². The molecular weight excluding hydrogens is 147 g/mol. The molecule has 54 valence electrons. The molecule has 0 aromatic heterocycles. The second-order valence-electron chi connectivity index (χ2n) is 1.78. The molecule has 1 fully saturated rings. The van der Waals surface area contributed by atoms with E-state index in [9.17, 15) is 8.39 Å². The zero-order valence-electron chi connectivity index (χ0n) is 4.89. The van der Waals surface area contributed by atoms with Gasteiger partial charge in [-0.2, -0.15) is 8.39 Å². The largest absolute Gasteiger partial charge is 0.379 e. The molecule has 9 heavy (non-hydrogen) atoms. The molecule has 0 saturated carbocycles. The predicted octanol–water partition coefficient (Wildman–Crippen LogP) is 1.48. The van der Waals surface area contributed by atoms with Crippen molar-refractivity contribution in [2.75, 3.05) is 26.3 Å². The maximum Gasteiger partial charge on any atom is 0.345 e. The number of rotatable bonds is 1. The lowest BCUT2D eigenvalue weighted by Gasteiger charge is -2.23. The molecule has 1 heterocycles. The molecule has 0 aliphatic carbocycles. The van der Waals surface area contributed by atoms with E-state index in [1.165, 1.54) is 4.67 Å². The van der Waals surface area contributed by atoms with E-state index in [1.54, 1.807) is 0 Å². The Morgan fingerprint density at radius 1 is 1.22 bits per heavy atom. The Morgan fingerprint density at radius 3 is 2.11 bits per heavy atom. The van der Waals surface area contributed by atoms with Crippen molar-refractivity contribution in [3.63, 3.8) is 0 Å². The van der Waals surface area contributed by atoms with Crippen LogP contribution in [0.15, 0.2) is 0 Å². The van der Waals surface area contributed by atoms with Crippen molar-refractivity contribution in [1.82, 2.24) is 4.67 Å². The van der Waals surface area contributed by atoms with Crippen molar-refractivity contribution in [2.24, 2.45) is 0 Å². The van der Waals surface area contributed by atoms with Gasteiger partial charge in [-0.25, -0.2) is 4.67 Å². The fraction of sp³-hybridized carbons (Fsp3) is 1.00. The van der Waals surface area contributed by atoms with E-state index in [4.69, 9.17) is 4.74 Å². The zero-order valence-corrected chi connectivity index (χ0v) is 5.78. The van der Waals surface area contributed by atoms with Gasteiger partial charge in [-0.3, -0.25) is 0 Å². The van der Waals surface area contributed by atoms with Crippen molar-refractivity contribution < 1.29 is 13.1 Å². The number of hydrogen-bond donors (Lipinski definition) is 0. The average molecular weight is 155 g/mol. The van der Waals surface area contributed by atoms with Gasteiger partial charge in [0.05, 0.1) is 13.2 Å². The molecule has 1 aliphatic heterocycles. The van der Waals surface area contributed by atoms with Crippen LogP contribution < -0.4 is 0 Å². The summed E-state index contributed by atoms with van der Waals surface area (Å²) in [6.45, 7) is 1.68. The highest BCUT2D eigenvalue weighted by Crippen LogP contribution is 2.43. The van der Waals surface area contributed by atoms with E-state index in [2.05, 4.69) is 0 Å². The zero-order chi connectivity index (χ0) is 6.69. The highest BCUT2D eigenvalue weighted by atomic mass is 31.2. The number of halogens is 2. The first-order chi connectivity index (χ1) is 4.30. The Hall–Kier alpha value is 0.210. The summed E-state index contributed by atoms with van der Waals surface area (Å²) in [5.74, 6) is 0. The van der Waals surface area contributed by atoms with Crippen LogP contribution in [0.1, 0.15) is 0 Å². The predicted molar refractivity (Wildman–Crippen MR) is 31.5 cm³/mol. The molecule has 1 rings (SSSR count). The van der Waals surface area contributed by atoms with Crippen LogP contribution in [0.4, 0.5) is 8.39 Å². The first kappa shape index (κ1) is 7.32. The van der Waals surface area contributed by atoms with E-state index >= 15 is 0 Å². The van der Waals surface area contributed by atoms with Crippen LogP contribution in [0.3, 0.4) is 0 Å². The van der Waals surface area contributed by atoms with E-state index in [0.29, 0.717) is 26.3 Å². The summed E-state index contributed by atoms with van der Waals surface area (Å²) in [7, 11) is -2.87. The molecule has 5 heteroatoms. The second kappa shape index (κ2) is 3.40. The summed E-state index contributed by atoms with van der Waals surface area (Å²) in [4.78, 5) is 0. The van der Waals surface area contributed by atoms with Crippen LogP contribution in [0.2, 0.25) is 0 Å². The Morgan fingerprint density at radius 2 is 1.78 bits per heavy atom. The van der Waals surface area contributed by atoms with Gasteiger partial charge in [0.15, 0.2) is 0 Å². The maximum atomic E-state index is 11.9. The lowest BCUT2D eigenvalue weighted by molar-refractivity contribution is 0.0711.